The van der Waals surface area contributed by atoms with Gasteiger partial charge in [0.15, 0.2) is 0 Å². The molecule has 6 heteroatoms. The summed E-state index contributed by atoms with van der Waals surface area (Å²) in [6, 6.07) is -1.01. The smallest absolute Gasteiger partial charge is 0.249 e. The van der Waals surface area contributed by atoms with E-state index in [9.17, 15) is 25.2 Å². The second kappa shape index (κ2) is 38.8. The summed E-state index contributed by atoms with van der Waals surface area (Å²) in [5, 5.41) is 43.6. The van der Waals surface area contributed by atoms with Gasteiger partial charge in [-0.15, -0.1) is 0 Å². The minimum absolute atomic E-state index is 0.345. The van der Waals surface area contributed by atoms with E-state index in [0.29, 0.717) is 19.3 Å². The Balaban J connectivity index is 3.85. The fourth-order valence-corrected chi connectivity index (χ4v) is 6.35. The monoisotopic (exact) mass is 706 g/mol. The number of rotatable bonds is 38. The molecule has 0 aliphatic rings. The van der Waals surface area contributed by atoms with Gasteiger partial charge in [-0.2, -0.15) is 0 Å². The molecule has 5 N–H and O–H groups in total. The van der Waals surface area contributed by atoms with E-state index in [1.165, 1.54) is 122 Å². The summed E-state index contributed by atoms with van der Waals surface area (Å²) < 4.78 is 0. The van der Waals surface area contributed by atoms with Crippen LogP contribution < -0.4 is 5.32 Å². The predicted octanol–water partition coefficient (Wildman–Crippen LogP) is 11.0. The van der Waals surface area contributed by atoms with Crippen molar-refractivity contribution in [3.63, 3.8) is 0 Å². The van der Waals surface area contributed by atoms with Gasteiger partial charge in [-0.3, -0.25) is 4.79 Å². The molecular weight excluding hydrogens is 622 g/mol. The second-order valence-corrected chi connectivity index (χ2v) is 14.7. The number of allylic oxidation sites excluding steroid dienone is 6. The van der Waals surface area contributed by atoms with Gasteiger partial charge in [-0.1, -0.05) is 166 Å². The third-order valence-electron chi connectivity index (χ3n) is 9.80. The summed E-state index contributed by atoms with van der Waals surface area (Å²) in [4.78, 5) is 12.5. The lowest BCUT2D eigenvalue weighted by molar-refractivity contribution is -0.132. The number of hydrogen-bond acceptors (Lipinski definition) is 5. The maximum absolute atomic E-state index is 12.5. The van der Waals surface area contributed by atoms with E-state index in [4.69, 9.17) is 0 Å². The third kappa shape index (κ3) is 32.4. The van der Waals surface area contributed by atoms with Gasteiger partial charge in [0.2, 0.25) is 5.91 Å². The van der Waals surface area contributed by atoms with Gasteiger partial charge in [-0.25, -0.2) is 0 Å². The molecule has 0 aromatic carbocycles. The van der Waals surface area contributed by atoms with Crippen LogP contribution in [0, 0.1) is 0 Å². The fraction of sp³-hybridized carbons (Fsp3) is 0.841. The number of carbonyl (C=O) groups is 1. The van der Waals surface area contributed by atoms with E-state index in [1.807, 2.05) is 0 Å². The minimum atomic E-state index is -1.29. The van der Waals surface area contributed by atoms with Crippen molar-refractivity contribution in [2.45, 2.75) is 231 Å². The van der Waals surface area contributed by atoms with Crippen LogP contribution in [0.2, 0.25) is 0 Å². The number of aliphatic hydroxyl groups is 4. The van der Waals surface area contributed by atoms with Crippen LogP contribution in [-0.4, -0.2) is 57.3 Å². The van der Waals surface area contributed by atoms with E-state index in [-0.39, 0.29) is 0 Å². The van der Waals surface area contributed by atoms with Gasteiger partial charge in [0.1, 0.15) is 12.2 Å². The van der Waals surface area contributed by atoms with Crippen LogP contribution in [-0.2, 0) is 4.79 Å². The van der Waals surface area contributed by atoms with E-state index in [1.54, 1.807) is 0 Å². The number of amides is 1. The Morgan fingerprint density at radius 2 is 0.840 bits per heavy atom. The lowest BCUT2D eigenvalue weighted by atomic mass is 10.00. The van der Waals surface area contributed by atoms with E-state index in [2.05, 4.69) is 55.6 Å². The van der Waals surface area contributed by atoms with Crippen LogP contribution in [0.5, 0.6) is 0 Å². The summed E-state index contributed by atoms with van der Waals surface area (Å²) in [7, 11) is 0. The van der Waals surface area contributed by atoms with Crippen LogP contribution in [0.1, 0.15) is 206 Å². The highest BCUT2D eigenvalue weighted by atomic mass is 16.3. The molecule has 0 rings (SSSR count). The van der Waals surface area contributed by atoms with E-state index >= 15 is 0 Å². The zero-order valence-electron chi connectivity index (χ0n) is 32.9. The average Bonchev–Trinajstić information content (AvgIpc) is 3.12. The third-order valence-corrected chi connectivity index (χ3v) is 9.80. The first kappa shape index (κ1) is 48.5. The van der Waals surface area contributed by atoms with Crippen molar-refractivity contribution in [1.82, 2.24) is 5.32 Å². The zero-order chi connectivity index (χ0) is 36.8. The molecule has 0 aromatic rings. The number of hydrogen-bond donors (Lipinski definition) is 5. The Hall–Kier alpha value is -1.47. The molecule has 4 unspecified atom stereocenters. The Labute approximate surface area is 309 Å². The van der Waals surface area contributed by atoms with Crippen LogP contribution in [0.15, 0.2) is 36.5 Å². The molecule has 0 aliphatic heterocycles. The first-order chi connectivity index (χ1) is 24.5. The Morgan fingerprint density at radius 1 is 0.480 bits per heavy atom. The van der Waals surface area contributed by atoms with Gasteiger partial charge in [0.05, 0.1) is 18.8 Å². The molecule has 0 spiro atoms. The second-order valence-electron chi connectivity index (χ2n) is 14.7. The van der Waals surface area contributed by atoms with Crippen molar-refractivity contribution in [3.8, 4) is 0 Å². The number of nitrogens with one attached hydrogen (secondary N) is 1. The summed E-state index contributed by atoms with van der Waals surface area (Å²) in [6.07, 6.45) is 44.6. The molecule has 0 aliphatic carbocycles. The lowest BCUT2D eigenvalue weighted by Gasteiger charge is -2.27. The maximum Gasteiger partial charge on any atom is 0.249 e. The van der Waals surface area contributed by atoms with Gasteiger partial charge in [-0.05, 0) is 77.0 Å². The SMILES string of the molecule is CCCCCCCCC/C=C\CCCCCCC(O)C(=O)NC(CO)C(O)C(O)CCC/C=C/CC/C=C/CCCCCCCCCCCC. The van der Waals surface area contributed by atoms with Gasteiger partial charge >= 0.3 is 0 Å². The van der Waals surface area contributed by atoms with Gasteiger partial charge in [0, 0.05) is 0 Å². The summed E-state index contributed by atoms with van der Waals surface area (Å²) in [5.74, 6) is -0.607. The first-order valence-electron chi connectivity index (χ1n) is 21.4. The summed E-state index contributed by atoms with van der Waals surface area (Å²) in [5.41, 5.74) is 0. The van der Waals surface area contributed by atoms with E-state index < -0.39 is 36.9 Å². The molecular formula is C44H83NO5. The molecule has 1 amide bonds. The molecule has 0 saturated carbocycles. The Morgan fingerprint density at radius 3 is 1.26 bits per heavy atom. The van der Waals surface area contributed by atoms with Crippen LogP contribution in [0.4, 0.5) is 0 Å². The maximum atomic E-state index is 12.5. The molecule has 0 radical (unpaired) electrons. The Kier molecular flexibility index (Phi) is 37.6. The fourth-order valence-electron chi connectivity index (χ4n) is 6.35. The van der Waals surface area contributed by atoms with Crippen LogP contribution in [0.3, 0.4) is 0 Å². The lowest BCUT2D eigenvalue weighted by Crippen LogP contribution is -2.53. The molecule has 294 valence electrons. The van der Waals surface area contributed by atoms with Crippen molar-refractivity contribution in [2.24, 2.45) is 0 Å². The summed E-state index contributed by atoms with van der Waals surface area (Å²) >= 11 is 0. The predicted molar refractivity (Wildman–Crippen MR) is 214 cm³/mol. The van der Waals surface area contributed by atoms with Crippen molar-refractivity contribution >= 4 is 5.91 Å². The van der Waals surface area contributed by atoms with Crippen molar-refractivity contribution in [1.29, 1.82) is 0 Å². The van der Waals surface area contributed by atoms with Crippen LogP contribution in [0.25, 0.3) is 0 Å². The zero-order valence-corrected chi connectivity index (χ0v) is 32.9. The number of unbranched alkanes of at least 4 members (excludes halogenated alkanes) is 23. The Bertz CT molecular complexity index is 797. The van der Waals surface area contributed by atoms with E-state index in [0.717, 1.165) is 51.4 Å². The molecule has 0 aromatic heterocycles. The topological polar surface area (TPSA) is 110 Å². The van der Waals surface area contributed by atoms with Crippen molar-refractivity contribution < 1.29 is 25.2 Å². The largest absolute Gasteiger partial charge is 0.394 e. The van der Waals surface area contributed by atoms with Crippen molar-refractivity contribution in [3.05, 3.63) is 36.5 Å². The number of carbonyl (C=O) groups excluding carboxylic acids is 1. The van der Waals surface area contributed by atoms with Gasteiger partial charge in [0.25, 0.3) is 0 Å². The highest BCUT2D eigenvalue weighted by Gasteiger charge is 2.28. The van der Waals surface area contributed by atoms with Crippen LogP contribution >= 0.6 is 0 Å². The highest BCUT2D eigenvalue weighted by Crippen LogP contribution is 2.14. The molecule has 0 bridgehead atoms. The normalized spacial score (nSPS) is 14.6. The van der Waals surface area contributed by atoms with Crippen molar-refractivity contribution in [2.75, 3.05) is 6.61 Å². The quantitative estimate of drug-likeness (QED) is 0.0324. The standard InChI is InChI=1S/C44H83NO5/c1-3-5-7-9-11-13-15-17-19-20-21-22-24-25-27-29-31-33-35-37-41(47)43(49)40(39-46)45-44(50)42(48)38-36-34-32-30-28-26-23-18-16-14-12-10-8-6-4-2/h22-24,26,29,31,40-43,46-49H,3-21,25,27-28,30,32-39H2,1-2H3,(H,45,50)/b24-22+,26-23-,31-29+. The summed E-state index contributed by atoms with van der Waals surface area (Å²) in [6.45, 7) is 4.02. The first-order valence-corrected chi connectivity index (χ1v) is 21.4. The molecule has 0 heterocycles. The molecule has 0 saturated heterocycles. The molecule has 4 atom stereocenters. The van der Waals surface area contributed by atoms with Gasteiger partial charge < -0.3 is 25.7 Å². The number of aliphatic hydroxyl groups excluding tert-OH is 4. The average molecular weight is 706 g/mol. The molecule has 6 nitrogen and oxygen atoms in total. The molecule has 0 fully saturated rings. The molecule has 50 heavy (non-hydrogen) atoms. The highest BCUT2D eigenvalue weighted by molar-refractivity contribution is 5.80. The minimum Gasteiger partial charge on any atom is -0.394 e.